The molecule has 5 atom stereocenters. The highest BCUT2D eigenvalue weighted by molar-refractivity contribution is 5.85. The molecule has 0 unspecified atom stereocenters. The number of methoxy groups -OCH3 is 1. The molecule has 138 valence electrons. The van der Waals surface area contributed by atoms with E-state index in [1.807, 2.05) is 0 Å². The molecule has 0 radical (unpaired) electrons. The van der Waals surface area contributed by atoms with Crippen molar-refractivity contribution in [2.45, 2.75) is 37.8 Å². The number of fused-ring (bicyclic) bond motifs is 6. The molecular weight excluding hydrogens is 328 g/mol. The topological polar surface area (TPSA) is 65.6 Å². The van der Waals surface area contributed by atoms with E-state index in [1.54, 1.807) is 0 Å². The van der Waals surface area contributed by atoms with Crippen molar-refractivity contribution < 1.29 is 14.6 Å². The molecule has 5 heteroatoms. The van der Waals surface area contributed by atoms with E-state index in [4.69, 9.17) is 4.74 Å². The third-order valence-corrected chi connectivity index (χ3v) is 7.02. The molecule has 26 heavy (non-hydrogen) atoms. The molecule has 3 heterocycles. The summed E-state index contributed by atoms with van der Waals surface area (Å²) in [7, 11) is 1.43. The highest BCUT2D eigenvalue weighted by Crippen LogP contribution is 2.49. The number of nitrogens with one attached hydrogen (secondary N) is 1. The van der Waals surface area contributed by atoms with Gasteiger partial charge in [-0.15, -0.1) is 0 Å². The van der Waals surface area contributed by atoms with Crippen LogP contribution in [0.1, 0.15) is 36.6 Å². The minimum atomic E-state index is -0.568. The van der Waals surface area contributed by atoms with Gasteiger partial charge in [0, 0.05) is 29.7 Å². The van der Waals surface area contributed by atoms with Crippen molar-refractivity contribution in [2.75, 3.05) is 20.2 Å². The van der Waals surface area contributed by atoms with Crippen LogP contribution in [-0.4, -0.2) is 47.3 Å². The van der Waals surface area contributed by atoms with Gasteiger partial charge in [0.25, 0.3) is 0 Å². The first-order valence-electron chi connectivity index (χ1n) is 9.76. The van der Waals surface area contributed by atoms with Crippen LogP contribution in [-0.2, 0) is 16.0 Å². The molecule has 2 N–H and O–H groups in total. The number of aliphatic hydroxyl groups is 1. The summed E-state index contributed by atoms with van der Waals surface area (Å²) >= 11 is 0. The number of aromatic amines is 1. The molecule has 3 aliphatic rings. The number of benzene rings is 1. The number of nitrogens with zero attached hydrogens (tertiary/aromatic N) is 1. The molecule has 5 nitrogen and oxygen atoms in total. The maximum absolute atomic E-state index is 12.4. The second-order valence-electron chi connectivity index (χ2n) is 8.18. The molecule has 0 amide bonds. The zero-order chi connectivity index (χ0) is 17.8. The fraction of sp³-hybridized carbons (Fsp3) is 0.571. The van der Waals surface area contributed by atoms with Gasteiger partial charge in [0.1, 0.15) is 0 Å². The molecule has 1 aromatic heterocycles. The number of carbonyl (C=O) groups is 1. The number of hydrogen-bond donors (Lipinski definition) is 2. The fourth-order valence-corrected chi connectivity index (χ4v) is 5.80. The molecule has 2 fully saturated rings. The number of hydrogen-bond acceptors (Lipinski definition) is 4. The van der Waals surface area contributed by atoms with Gasteiger partial charge in [-0.1, -0.05) is 18.2 Å². The van der Waals surface area contributed by atoms with Crippen molar-refractivity contribution in [3.05, 3.63) is 35.5 Å². The number of carbonyl (C=O) groups excluding carboxylic acids is 1. The SMILES string of the molecule is COC(=O)[C@H]1[C@@H]2C[C@H]3c4[nH]c5ccccc5c4CCN3C[C@@H]2CC[C@H]1O. The van der Waals surface area contributed by atoms with E-state index in [-0.39, 0.29) is 17.8 Å². The summed E-state index contributed by atoms with van der Waals surface area (Å²) in [6.45, 7) is 2.10. The Morgan fingerprint density at radius 3 is 3.00 bits per heavy atom. The monoisotopic (exact) mass is 354 g/mol. The van der Waals surface area contributed by atoms with Crippen LogP contribution < -0.4 is 0 Å². The number of piperidine rings is 1. The predicted octanol–water partition coefficient (Wildman–Crippen LogP) is 2.65. The average molecular weight is 354 g/mol. The second kappa shape index (κ2) is 6.10. The van der Waals surface area contributed by atoms with E-state index >= 15 is 0 Å². The van der Waals surface area contributed by atoms with Crippen LogP contribution in [0.25, 0.3) is 10.9 Å². The number of ether oxygens (including phenoxy) is 1. The van der Waals surface area contributed by atoms with E-state index in [0.717, 1.165) is 32.4 Å². The van der Waals surface area contributed by atoms with E-state index < -0.39 is 6.10 Å². The number of esters is 1. The van der Waals surface area contributed by atoms with Crippen LogP contribution in [0.5, 0.6) is 0 Å². The third kappa shape index (κ3) is 2.33. The Hall–Kier alpha value is -1.85. The lowest BCUT2D eigenvalue weighted by molar-refractivity contribution is -0.160. The van der Waals surface area contributed by atoms with Crippen LogP contribution in [0.2, 0.25) is 0 Å². The van der Waals surface area contributed by atoms with Crippen LogP contribution in [0, 0.1) is 17.8 Å². The van der Waals surface area contributed by atoms with Crippen LogP contribution in [0.4, 0.5) is 0 Å². The fourth-order valence-electron chi connectivity index (χ4n) is 5.80. The normalized spacial score (nSPS) is 34.0. The van der Waals surface area contributed by atoms with Gasteiger partial charge in [0.05, 0.1) is 25.2 Å². The lowest BCUT2D eigenvalue weighted by Crippen LogP contribution is -2.53. The van der Waals surface area contributed by atoms with Gasteiger partial charge in [0.15, 0.2) is 0 Å². The summed E-state index contributed by atoms with van der Waals surface area (Å²) in [5.74, 6) is 0.0541. The lowest BCUT2D eigenvalue weighted by atomic mass is 9.65. The maximum Gasteiger partial charge on any atom is 0.311 e. The molecule has 0 bridgehead atoms. The van der Waals surface area contributed by atoms with E-state index in [1.165, 1.54) is 29.3 Å². The van der Waals surface area contributed by atoms with Crippen molar-refractivity contribution in [3.8, 4) is 0 Å². The molecule has 1 saturated heterocycles. The van der Waals surface area contributed by atoms with Crippen molar-refractivity contribution in [1.29, 1.82) is 0 Å². The standard InChI is InChI=1S/C21H26N2O3/c1-26-21(25)19-15-10-17-20-14(13-4-2-3-5-16(13)22-20)8-9-23(17)11-12(15)6-7-18(19)24/h2-5,12,15,17-19,22,24H,6-11H2,1H3/t12-,15+,17-,18+,19-/m0/s1. The zero-order valence-corrected chi connectivity index (χ0v) is 15.1. The van der Waals surface area contributed by atoms with Crippen molar-refractivity contribution in [3.63, 3.8) is 0 Å². The molecule has 2 aromatic rings. The molecule has 0 spiro atoms. The number of H-pyrrole nitrogens is 1. The Bertz CT molecular complexity index is 845. The van der Waals surface area contributed by atoms with E-state index in [2.05, 4.69) is 34.1 Å². The summed E-state index contributed by atoms with van der Waals surface area (Å²) < 4.78 is 5.04. The summed E-state index contributed by atoms with van der Waals surface area (Å²) in [5.41, 5.74) is 3.96. The number of rotatable bonds is 1. The van der Waals surface area contributed by atoms with Gasteiger partial charge in [-0.25, -0.2) is 0 Å². The second-order valence-corrected chi connectivity index (χ2v) is 8.18. The Morgan fingerprint density at radius 2 is 2.15 bits per heavy atom. The number of aromatic nitrogens is 1. The van der Waals surface area contributed by atoms with Gasteiger partial charge < -0.3 is 14.8 Å². The minimum Gasteiger partial charge on any atom is -0.469 e. The summed E-state index contributed by atoms with van der Waals surface area (Å²) in [6, 6.07) is 8.83. The Kier molecular flexibility index (Phi) is 3.83. The smallest absolute Gasteiger partial charge is 0.311 e. The summed E-state index contributed by atoms with van der Waals surface area (Å²) in [6.07, 6.45) is 3.14. The molecule has 2 aliphatic heterocycles. The Balaban J connectivity index is 1.52. The molecule has 1 aromatic carbocycles. The average Bonchev–Trinajstić information content (AvgIpc) is 3.05. The van der Waals surface area contributed by atoms with Gasteiger partial charge in [-0.2, -0.15) is 0 Å². The van der Waals surface area contributed by atoms with Gasteiger partial charge in [0.2, 0.25) is 0 Å². The van der Waals surface area contributed by atoms with Crippen LogP contribution >= 0.6 is 0 Å². The molecule has 1 aliphatic carbocycles. The van der Waals surface area contributed by atoms with Gasteiger partial charge in [-0.05, 0) is 49.1 Å². The highest BCUT2D eigenvalue weighted by atomic mass is 16.5. The van der Waals surface area contributed by atoms with Gasteiger partial charge in [-0.3, -0.25) is 9.69 Å². The molecule has 1 saturated carbocycles. The molecule has 5 rings (SSSR count). The minimum absolute atomic E-state index is 0.199. The van der Waals surface area contributed by atoms with E-state index in [9.17, 15) is 9.90 Å². The summed E-state index contributed by atoms with van der Waals surface area (Å²) in [5, 5.41) is 11.8. The lowest BCUT2D eigenvalue weighted by Gasteiger charge is -2.50. The first kappa shape index (κ1) is 16.3. The maximum atomic E-state index is 12.4. The number of aliphatic hydroxyl groups excluding tert-OH is 1. The molecular formula is C21H26N2O3. The zero-order valence-electron chi connectivity index (χ0n) is 15.1. The summed E-state index contributed by atoms with van der Waals surface area (Å²) in [4.78, 5) is 18.6. The number of para-hydroxylation sites is 1. The van der Waals surface area contributed by atoms with Gasteiger partial charge >= 0.3 is 5.97 Å². The van der Waals surface area contributed by atoms with Crippen molar-refractivity contribution in [2.24, 2.45) is 17.8 Å². The highest BCUT2D eigenvalue weighted by Gasteiger charge is 2.49. The Morgan fingerprint density at radius 1 is 1.31 bits per heavy atom. The van der Waals surface area contributed by atoms with Crippen molar-refractivity contribution in [1.82, 2.24) is 9.88 Å². The Labute approximate surface area is 153 Å². The van der Waals surface area contributed by atoms with E-state index in [0.29, 0.717) is 18.4 Å². The third-order valence-electron chi connectivity index (χ3n) is 7.02. The largest absolute Gasteiger partial charge is 0.469 e. The predicted molar refractivity (Wildman–Crippen MR) is 98.7 cm³/mol. The quantitative estimate of drug-likeness (QED) is 0.773. The van der Waals surface area contributed by atoms with Crippen molar-refractivity contribution >= 4 is 16.9 Å². The first-order chi connectivity index (χ1) is 12.7. The first-order valence-corrected chi connectivity index (χ1v) is 9.76. The van der Waals surface area contributed by atoms with Crippen LogP contribution in [0.3, 0.4) is 0 Å². The van der Waals surface area contributed by atoms with Crippen LogP contribution in [0.15, 0.2) is 24.3 Å².